The predicted molar refractivity (Wildman–Crippen MR) is 75.2 cm³/mol. The zero-order chi connectivity index (χ0) is 18.7. The molecular weight excluding hydrogens is 354 g/mol. The molecule has 10 heteroatoms. The lowest BCUT2D eigenvalue weighted by atomic mass is 10.2. The Morgan fingerprint density at radius 3 is 2.44 bits per heavy atom. The van der Waals surface area contributed by atoms with Crippen molar-refractivity contribution in [1.29, 1.82) is 0 Å². The van der Waals surface area contributed by atoms with E-state index in [1.54, 1.807) is 0 Å². The number of hydrogen-bond donors (Lipinski definition) is 1. The summed E-state index contributed by atoms with van der Waals surface area (Å²) in [5.41, 5.74) is 0.129. The number of alkyl halides is 6. The summed E-state index contributed by atoms with van der Waals surface area (Å²) in [5, 5.41) is 2.32. The minimum atomic E-state index is -5.78. The molecule has 2 rings (SSSR count). The zero-order valence-corrected chi connectivity index (χ0v) is 12.2. The molecule has 0 radical (unpaired) electrons. The molecule has 1 aromatic heterocycles. The van der Waals surface area contributed by atoms with Gasteiger partial charge >= 0.3 is 12.3 Å². The van der Waals surface area contributed by atoms with Crippen molar-refractivity contribution in [3.63, 3.8) is 0 Å². The maximum atomic E-state index is 13.2. The molecule has 2 aromatic rings. The van der Waals surface area contributed by atoms with E-state index in [0.717, 1.165) is 18.2 Å². The molecule has 0 spiro atoms. The summed E-state index contributed by atoms with van der Waals surface area (Å²) in [7, 11) is 0. The molecule has 1 amide bonds. The Balaban J connectivity index is 2.12. The number of rotatable bonds is 5. The molecule has 1 heterocycles. The van der Waals surface area contributed by atoms with Crippen LogP contribution in [0.4, 0.5) is 32.0 Å². The number of pyridine rings is 1. The van der Waals surface area contributed by atoms with E-state index in [0.29, 0.717) is 0 Å². The highest BCUT2D eigenvalue weighted by atomic mass is 19.4. The smallest absolute Gasteiger partial charge is 0.430 e. The number of hydrogen-bond acceptors (Lipinski definition) is 3. The number of nitrogens with one attached hydrogen (secondary N) is 1. The van der Waals surface area contributed by atoms with Crippen molar-refractivity contribution < 1.29 is 35.9 Å². The van der Waals surface area contributed by atoms with Gasteiger partial charge in [-0.25, -0.2) is 4.39 Å². The Labute approximate surface area is 137 Å². The van der Waals surface area contributed by atoms with Gasteiger partial charge in [-0.3, -0.25) is 9.78 Å². The van der Waals surface area contributed by atoms with Crippen molar-refractivity contribution in [3.8, 4) is 5.75 Å². The number of aromatic nitrogens is 1. The second-order valence-corrected chi connectivity index (χ2v) is 4.79. The molecule has 134 valence electrons. The normalized spacial score (nSPS) is 13.2. The second kappa shape index (κ2) is 6.99. The molecule has 1 N–H and O–H groups in total. The third-order valence-electron chi connectivity index (χ3n) is 2.85. The van der Waals surface area contributed by atoms with E-state index in [9.17, 15) is 31.1 Å². The summed E-state index contributed by atoms with van der Waals surface area (Å²) in [6.45, 7) is 0. The van der Waals surface area contributed by atoms with Crippen LogP contribution in [0.2, 0.25) is 0 Å². The summed E-state index contributed by atoms with van der Waals surface area (Å²) in [4.78, 5) is 15.6. The van der Waals surface area contributed by atoms with Crippen LogP contribution in [0.5, 0.6) is 5.75 Å². The second-order valence-electron chi connectivity index (χ2n) is 4.79. The topological polar surface area (TPSA) is 51.2 Å². The quantitative estimate of drug-likeness (QED) is 0.809. The van der Waals surface area contributed by atoms with Crippen LogP contribution in [0, 0.1) is 0 Å². The number of amides is 1. The van der Waals surface area contributed by atoms with E-state index in [1.165, 1.54) is 30.6 Å². The molecular formula is C15H10F6N2O2. The predicted octanol–water partition coefficient (Wildman–Crippen LogP) is 4.21. The maximum absolute atomic E-state index is 13.2. The number of halogens is 6. The lowest BCUT2D eigenvalue weighted by Crippen LogP contribution is -2.45. The van der Waals surface area contributed by atoms with Crippen LogP contribution in [0.3, 0.4) is 0 Å². The zero-order valence-electron chi connectivity index (χ0n) is 12.2. The van der Waals surface area contributed by atoms with Crippen LogP contribution in [0.15, 0.2) is 48.8 Å². The van der Waals surface area contributed by atoms with Crippen molar-refractivity contribution in [2.75, 3.05) is 5.32 Å². The average molecular weight is 364 g/mol. The van der Waals surface area contributed by atoms with Crippen molar-refractivity contribution in [3.05, 3.63) is 54.4 Å². The fourth-order valence-electron chi connectivity index (χ4n) is 1.74. The van der Waals surface area contributed by atoms with Gasteiger partial charge in [0.1, 0.15) is 5.75 Å². The molecule has 0 fully saturated rings. The number of carbonyl (C=O) groups excluding carboxylic acids is 1. The van der Waals surface area contributed by atoms with Crippen molar-refractivity contribution >= 4 is 11.6 Å². The molecule has 0 aliphatic rings. The van der Waals surface area contributed by atoms with Gasteiger partial charge in [0.15, 0.2) is 0 Å². The van der Waals surface area contributed by atoms with Gasteiger partial charge in [-0.15, -0.1) is 0 Å². The third kappa shape index (κ3) is 4.85. The van der Waals surface area contributed by atoms with Crippen molar-refractivity contribution in [2.24, 2.45) is 0 Å². The molecule has 0 saturated carbocycles. The Hall–Kier alpha value is -2.78. The largest absolute Gasteiger partial charge is 0.439 e. The molecule has 4 nitrogen and oxygen atoms in total. The van der Waals surface area contributed by atoms with Crippen molar-refractivity contribution in [2.45, 2.75) is 18.5 Å². The summed E-state index contributed by atoms with van der Waals surface area (Å²) in [5.74, 6) is -1.38. The van der Waals surface area contributed by atoms with Gasteiger partial charge in [0.2, 0.25) is 0 Å². The first-order valence-corrected chi connectivity index (χ1v) is 6.68. The highest BCUT2D eigenvalue weighted by molar-refractivity contribution is 6.04. The monoisotopic (exact) mass is 364 g/mol. The van der Waals surface area contributed by atoms with E-state index in [4.69, 9.17) is 0 Å². The fourth-order valence-corrected chi connectivity index (χ4v) is 1.74. The van der Waals surface area contributed by atoms with Crippen LogP contribution in [0.25, 0.3) is 0 Å². The molecule has 0 bridgehead atoms. The van der Waals surface area contributed by atoms with Crippen LogP contribution in [-0.4, -0.2) is 29.3 Å². The van der Waals surface area contributed by atoms with Crippen molar-refractivity contribution in [1.82, 2.24) is 4.98 Å². The lowest BCUT2D eigenvalue weighted by Gasteiger charge is -2.23. The standard InChI is InChI=1S/C15H10F6N2O2/c16-13(14(17,18)19)15(20,21)25-11-5-1-4-10(7-11)23-12(24)9-3-2-6-22-8-9/h1-8,13H,(H,23,24)/t13-/m1/s1. The lowest BCUT2D eigenvalue weighted by molar-refractivity contribution is -0.304. The number of anilines is 1. The van der Waals surface area contributed by atoms with E-state index >= 15 is 0 Å². The van der Waals surface area contributed by atoms with E-state index in [1.807, 2.05) is 0 Å². The Morgan fingerprint density at radius 1 is 1.12 bits per heavy atom. The van der Waals surface area contributed by atoms with E-state index in [2.05, 4.69) is 15.0 Å². The first kappa shape index (κ1) is 18.6. The summed E-state index contributed by atoms with van der Waals surface area (Å²) < 4.78 is 79.4. The number of nitrogens with zero attached hydrogens (tertiary/aromatic N) is 1. The molecule has 0 saturated heterocycles. The Kier molecular flexibility index (Phi) is 5.19. The van der Waals surface area contributed by atoms with Gasteiger partial charge in [-0.1, -0.05) is 6.07 Å². The van der Waals surface area contributed by atoms with Crippen LogP contribution in [0.1, 0.15) is 10.4 Å². The molecule has 25 heavy (non-hydrogen) atoms. The summed E-state index contributed by atoms with van der Waals surface area (Å²) >= 11 is 0. The molecule has 0 unspecified atom stereocenters. The first-order chi connectivity index (χ1) is 11.6. The summed E-state index contributed by atoms with van der Waals surface area (Å²) in [6.07, 6.45) is -12.7. The highest BCUT2D eigenvalue weighted by Gasteiger charge is 2.59. The van der Waals surface area contributed by atoms with Gasteiger partial charge in [-0.05, 0) is 24.3 Å². The van der Waals surface area contributed by atoms with Gasteiger partial charge in [0, 0.05) is 24.1 Å². The Morgan fingerprint density at radius 2 is 1.84 bits per heavy atom. The summed E-state index contributed by atoms with van der Waals surface area (Å²) in [6, 6.07) is 7.10. The molecule has 1 atom stereocenters. The van der Waals surface area contributed by atoms with Crippen LogP contribution in [-0.2, 0) is 0 Å². The third-order valence-corrected chi connectivity index (χ3v) is 2.85. The minimum absolute atomic E-state index is 0.0374. The first-order valence-electron chi connectivity index (χ1n) is 6.68. The fraction of sp³-hybridized carbons (Fsp3) is 0.200. The van der Waals surface area contributed by atoms with Crippen LogP contribution < -0.4 is 10.1 Å². The van der Waals surface area contributed by atoms with E-state index in [-0.39, 0.29) is 11.3 Å². The molecule has 0 aliphatic carbocycles. The SMILES string of the molecule is O=C(Nc1cccc(OC(F)(F)[C@H](F)C(F)(F)F)c1)c1cccnc1. The molecule has 1 aromatic carbocycles. The molecule has 0 aliphatic heterocycles. The van der Waals surface area contributed by atoms with Crippen LogP contribution >= 0.6 is 0 Å². The van der Waals surface area contributed by atoms with Gasteiger partial charge in [0.05, 0.1) is 5.56 Å². The Bertz CT molecular complexity index is 736. The minimum Gasteiger partial charge on any atom is -0.430 e. The number of ether oxygens (including phenoxy) is 1. The van der Waals surface area contributed by atoms with Gasteiger partial charge in [0.25, 0.3) is 12.1 Å². The van der Waals surface area contributed by atoms with Gasteiger partial charge < -0.3 is 10.1 Å². The average Bonchev–Trinajstić information content (AvgIpc) is 2.54. The highest BCUT2D eigenvalue weighted by Crippen LogP contribution is 2.36. The van der Waals surface area contributed by atoms with Gasteiger partial charge in [-0.2, -0.15) is 22.0 Å². The van der Waals surface area contributed by atoms with E-state index < -0.39 is 30.1 Å². The maximum Gasteiger partial charge on any atom is 0.439 e. The number of carbonyl (C=O) groups is 1. The number of benzene rings is 1.